The Morgan fingerprint density at radius 1 is 1.27 bits per heavy atom. The largest absolute Gasteiger partial charge is 0.459 e. The van der Waals surface area contributed by atoms with Gasteiger partial charge in [-0.05, 0) is 38.7 Å². The van der Waals surface area contributed by atoms with Crippen molar-refractivity contribution in [1.82, 2.24) is 4.90 Å². The van der Waals surface area contributed by atoms with Crippen molar-refractivity contribution in [2.75, 3.05) is 19.7 Å². The van der Waals surface area contributed by atoms with Gasteiger partial charge >= 0.3 is 17.9 Å². The summed E-state index contributed by atoms with van der Waals surface area (Å²) in [6, 6.07) is -0.148. The smallest absolute Gasteiger partial charge is 0.342 e. The van der Waals surface area contributed by atoms with Gasteiger partial charge in [-0.2, -0.15) is 0 Å². The lowest BCUT2D eigenvalue weighted by Gasteiger charge is -2.34. The van der Waals surface area contributed by atoms with Crippen LogP contribution in [-0.4, -0.2) is 71.5 Å². The number of nitrogens with zero attached hydrogens (tertiary/aromatic N) is 1. The van der Waals surface area contributed by atoms with Crippen molar-refractivity contribution < 1.29 is 33.7 Å². The summed E-state index contributed by atoms with van der Waals surface area (Å²) in [4.78, 5) is 38.3. The van der Waals surface area contributed by atoms with Crippen LogP contribution in [-0.2, 0) is 28.6 Å². The molecule has 2 aliphatic heterocycles. The standard InChI is InChI=1S/C22H33NO7/c1-13(2)11-19(25)30-18-8-10-23-9-7-17(20(18)23)12-28-21(26)22(27,14(3)4)15(5)29-16(6)24/h7,11,14-15,18,20,27H,8-10,12H2,1-6H3/t15-,18+,20+,22-/m0/s1. The highest BCUT2D eigenvalue weighted by Gasteiger charge is 2.49. The van der Waals surface area contributed by atoms with Crippen LogP contribution in [0.5, 0.6) is 0 Å². The Balaban J connectivity index is 2.05. The number of hydrogen-bond acceptors (Lipinski definition) is 8. The van der Waals surface area contributed by atoms with E-state index >= 15 is 0 Å². The van der Waals surface area contributed by atoms with Gasteiger partial charge in [-0.25, -0.2) is 9.59 Å². The van der Waals surface area contributed by atoms with E-state index < -0.39 is 29.6 Å². The second-order valence-electron chi connectivity index (χ2n) is 8.51. The number of rotatable bonds is 8. The van der Waals surface area contributed by atoms with E-state index in [-0.39, 0.29) is 24.7 Å². The van der Waals surface area contributed by atoms with Gasteiger partial charge in [0, 0.05) is 26.1 Å². The van der Waals surface area contributed by atoms with E-state index in [2.05, 4.69) is 4.90 Å². The van der Waals surface area contributed by atoms with Gasteiger partial charge in [-0.3, -0.25) is 9.69 Å². The van der Waals surface area contributed by atoms with E-state index in [1.165, 1.54) is 19.9 Å². The summed E-state index contributed by atoms with van der Waals surface area (Å²) < 4.78 is 16.1. The minimum Gasteiger partial charge on any atom is -0.459 e. The van der Waals surface area contributed by atoms with Crippen molar-refractivity contribution in [2.24, 2.45) is 5.92 Å². The van der Waals surface area contributed by atoms with E-state index in [0.717, 1.165) is 17.7 Å². The molecule has 0 saturated carbocycles. The third-order valence-electron chi connectivity index (χ3n) is 5.63. The van der Waals surface area contributed by atoms with Gasteiger partial charge in [0.1, 0.15) is 18.8 Å². The van der Waals surface area contributed by atoms with Crippen LogP contribution in [0, 0.1) is 5.92 Å². The average molecular weight is 424 g/mol. The van der Waals surface area contributed by atoms with Crippen molar-refractivity contribution in [2.45, 2.75) is 71.8 Å². The van der Waals surface area contributed by atoms with Crippen molar-refractivity contribution in [3.63, 3.8) is 0 Å². The molecule has 2 heterocycles. The van der Waals surface area contributed by atoms with Gasteiger partial charge in [0.15, 0.2) is 0 Å². The summed E-state index contributed by atoms with van der Waals surface area (Å²) in [6.07, 6.45) is 2.76. The summed E-state index contributed by atoms with van der Waals surface area (Å²) in [5, 5.41) is 10.9. The van der Waals surface area contributed by atoms with Crippen molar-refractivity contribution in [1.29, 1.82) is 0 Å². The molecule has 0 bridgehead atoms. The lowest BCUT2D eigenvalue weighted by atomic mass is 9.85. The van der Waals surface area contributed by atoms with E-state index in [4.69, 9.17) is 14.2 Å². The van der Waals surface area contributed by atoms with Crippen LogP contribution in [0.3, 0.4) is 0 Å². The first kappa shape index (κ1) is 24.1. The first-order valence-electron chi connectivity index (χ1n) is 10.3. The molecular weight excluding hydrogens is 390 g/mol. The maximum absolute atomic E-state index is 12.8. The molecule has 168 valence electrons. The summed E-state index contributed by atoms with van der Waals surface area (Å²) >= 11 is 0. The number of allylic oxidation sites excluding steroid dienone is 1. The number of esters is 3. The van der Waals surface area contributed by atoms with E-state index in [9.17, 15) is 19.5 Å². The fourth-order valence-corrected chi connectivity index (χ4v) is 4.02. The number of fused-ring (bicyclic) bond motifs is 1. The van der Waals surface area contributed by atoms with Crippen LogP contribution >= 0.6 is 0 Å². The molecular formula is C22H33NO7. The molecule has 0 unspecified atom stereocenters. The minimum atomic E-state index is -1.96. The minimum absolute atomic E-state index is 0.0292. The highest BCUT2D eigenvalue weighted by Crippen LogP contribution is 2.32. The molecule has 2 rings (SSSR count). The Hall–Kier alpha value is -2.19. The van der Waals surface area contributed by atoms with Crippen LogP contribution in [0.2, 0.25) is 0 Å². The Morgan fingerprint density at radius 2 is 1.93 bits per heavy atom. The number of carbonyl (C=O) groups is 3. The molecule has 2 aliphatic rings. The Morgan fingerprint density at radius 3 is 2.50 bits per heavy atom. The zero-order valence-corrected chi connectivity index (χ0v) is 18.6. The fraction of sp³-hybridized carbons (Fsp3) is 0.682. The Kier molecular flexibility index (Phi) is 7.82. The summed E-state index contributed by atoms with van der Waals surface area (Å²) in [7, 11) is 0. The first-order chi connectivity index (χ1) is 14.0. The maximum atomic E-state index is 12.8. The molecule has 0 aliphatic carbocycles. The topological polar surface area (TPSA) is 102 Å². The lowest BCUT2D eigenvalue weighted by molar-refractivity contribution is -0.192. The van der Waals surface area contributed by atoms with Crippen molar-refractivity contribution >= 4 is 17.9 Å². The maximum Gasteiger partial charge on any atom is 0.342 e. The third kappa shape index (κ3) is 5.29. The van der Waals surface area contributed by atoms with Gasteiger partial charge in [0.05, 0.1) is 6.04 Å². The first-order valence-corrected chi connectivity index (χ1v) is 10.3. The molecule has 30 heavy (non-hydrogen) atoms. The molecule has 0 amide bonds. The van der Waals surface area contributed by atoms with E-state index in [1.807, 2.05) is 19.9 Å². The highest BCUT2D eigenvalue weighted by atomic mass is 16.6. The molecule has 0 aromatic carbocycles. The Labute approximate surface area is 177 Å². The predicted molar refractivity (Wildman–Crippen MR) is 109 cm³/mol. The van der Waals surface area contributed by atoms with Crippen molar-refractivity contribution in [3.8, 4) is 0 Å². The average Bonchev–Trinajstić information content (AvgIpc) is 3.20. The second-order valence-corrected chi connectivity index (χ2v) is 8.51. The zero-order valence-electron chi connectivity index (χ0n) is 18.6. The fourth-order valence-electron chi connectivity index (χ4n) is 4.02. The van der Waals surface area contributed by atoms with Crippen LogP contribution in [0.15, 0.2) is 23.3 Å². The summed E-state index contributed by atoms with van der Waals surface area (Å²) in [5.41, 5.74) is -0.266. The molecule has 8 nitrogen and oxygen atoms in total. The number of ether oxygens (including phenoxy) is 3. The molecule has 1 fully saturated rings. The van der Waals surface area contributed by atoms with E-state index in [1.54, 1.807) is 13.8 Å². The van der Waals surface area contributed by atoms with Crippen LogP contribution in [0.1, 0.15) is 48.0 Å². The molecule has 8 heteroatoms. The predicted octanol–water partition coefficient (Wildman–Crippen LogP) is 1.76. The van der Waals surface area contributed by atoms with Crippen LogP contribution in [0.25, 0.3) is 0 Å². The molecule has 0 radical (unpaired) electrons. The lowest BCUT2D eigenvalue weighted by Crippen LogP contribution is -2.55. The van der Waals surface area contributed by atoms with Gasteiger partial charge in [0.2, 0.25) is 5.60 Å². The number of aliphatic hydroxyl groups is 1. The van der Waals surface area contributed by atoms with Gasteiger partial charge in [-0.15, -0.1) is 0 Å². The van der Waals surface area contributed by atoms with Gasteiger partial charge in [0.25, 0.3) is 0 Å². The SMILES string of the molecule is CC(=O)O[C@@H](C)[C@](O)(C(=O)OCC1=CCN2CC[C@@H](OC(=O)C=C(C)C)[C@@H]12)C(C)C. The quantitative estimate of drug-likeness (QED) is 0.273. The van der Waals surface area contributed by atoms with E-state index in [0.29, 0.717) is 13.0 Å². The summed E-state index contributed by atoms with van der Waals surface area (Å²) in [6.45, 7) is 11.1. The molecule has 1 saturated heterocycles. The molecule has 0 spiro atoms. The molecule has 1 N–H and O–H groups in total. The van der Waals surface area contributed by atoms with Gasteiger partial charge in [-0.1, -0.05) is 25.5 Å². The third-order valence-corrected chi connectivity index (χ3v) is 5.63. The highest BCUT2D eigenvalue weighted by molar-refractivity contribution is 5.83. The van der Waals surface area contributed by atoms with Crippen molar-refractivity contribution in [3.05, 3.63) is 23.3 Å². The van der Waals surface area contributed by atoms with Crippen LogP contribution in [0.4, 0.5) is 0 Å². The normalized spacial score (nSPS) is 23.8. The molecule has 0 aromatic heterocycles. The zero-order chi connectivity index (χ0) is 22.6. The van der Waals surface area contributed by atoms with Crippen LogP contribution < -0.4 is 0 Å². The second kappa shape index (κ2) is 9.75. The number of carbonyl (C=O) groups excluding carboxylic acids is 3. The molecule has 0 aromatic rings. The number of hydrogen-bond donors (Lipinski definition) is 1. The molecule has 4 atom stereocenters. The monoisotopic (exact) mass is 423 g/mol. The Bertz CT molecular complexity index is 738. The van der Waals surface area contributed by atoms with Gasteiger partial charge < -0.3 is 19.3 Å². The summed E-state index contributed by atoms with van der Waals surface area (Å²) in [5.74, 6) is -2.34.